The van der Waals surface area contributed by atoms with Gasteiger partial charge in [0, 0.05) is 19.7 Å². The average molecular weight is 266 g/mol. The zero-order valence-electron chi connectivity index (χ0n) is 11.3. The molecule has 1 amide bonds. The minimum absolute atomic E-state index is 0.0872. The Kier molecular flexibility index (Phi) is 4.86. The van der Waals surface area contributed by atoms with E-state index in [2.05, 4.69) is 0 Å². The number of benzene rings is 1. The molecule has 1 aromatic rings. The maximum absolute atomic E-state index is 12.2. The van der Waals surface area contributed by atoms with Crippen LogP contribution in [0.25, 0.3) is 0 Å². The molecule has 0 bridgehead atoms. The number of nitrogens with zero attached hydrogens (tertiary/aromatic N) is 2. The molecule has 0 heterocycles. The molecule has 1 atom stereocenters. The molecule has 104 valence electrons. The van der Waals surface area contributed by atoms with Crippen molar-refractivity contribution in [2.24, 2.45) is 5.92 Å². The second-order valence-corrected chi connectivity index (χ2v) is 4.66. The summed E-state index contributed by atoms with van der Waals surface area (Å²) in [5.74, 6) is -0.306. The van der Waals surface area contributed by atoms with Gasteiger partial charge in [-0.25, -0.2) is 0 Å². The zero-order valence-corrected chi connectivity index (χ0v) is 11.3. The quantitative estimate of drug-likeness (QED) is 0.655. The lowest BCUT2D eigenvalue weighted by Gasteiger charge is -2.20. The maximum Gasteiger partial charge on any atom is 0.282 e. The Morgan fingerprint density at radius 3 is 2.68 bits per heavy atom. The first-order chi connectivity index (χ1) is 8.86. The van der Waals surface area contributed by atoms with E-state index in [-0.39, 0.29) is 17.0 Å². The first-order valence-electron chi connectivity index (χ1n) is 6.09. The minimum Gasteiger partial charge on any atom is -0.508 e. The fourth-order valence-electron chi connectivity index (χ4n) is 1.74. The van der Waals surface area contributed by atoms with Gasteiger partial charge in [0.1, 0.15) is 11.3 Å². The molecular weight excluding hydrogens is 248 g/mol. The van der Waals surface area contributed by atoms with Crippen molar-refractivity contribution in [1.29, 1.82) is 0 Å². The summed E-state index contributed by atoms with van der Waals surface area (Å²) in [6.45, 7) is 4.53. The van der Waals surface area contributed by atoms with E-state index in [1.54, 1.807) is 7.05 Å². The number of carbonyl (C=O) groups is 1. The molecule has 1 N–H and O–H groups in total. The number of hydrogen-bond donors (Lipinski definition) is 1. The van der Waals surface area contributed by atoms with Gasteiger partial charge in [-0.15, -0.1) is 0 Å². The van der Waals surface area contributed by atoms with Gasteiger partial charge in [-0.3, -0.25) is 14.9 Å². The van der Waals surface area contributed by atoms with E-state index in [0.717, 1.165) is 18.6 Å². The van der Waals surface area contributed by atoms with Gasteiger partial charge in [-0.1, -0.05) is 20.3 Å². The van der Waals surface area contributed by atoms with Crippen molar-refractivity contribution in [2.45, 2.75) is 20.3 Å². The lowest BCUT2D eigenvalue weighted by Crippen LogP contribution is -2.31. The summed E-state index contributed by atoms with van der Waals surface area (Å²) in [4.78, 5) is 23.9. The van der Waals surface area contributed by atoms with Crippen molar-refractivity contribution in [1.82, 2.24) is 4.90 Å². The molecule has 0 aliphatic carbocycles. The number of phenolic OH excluding ortho intramolecular Hbond substituents is 1. The first-order valence-corrected chi connectivity index (χ1v) is 6.09. The highest BCUT2D eigenvalue weighted by Crippen LogP contribution is 2.24. The van der Waals surface area contributed by atoms with Crippen molar-refractivity contribution < 1.29 is 14.8 Å². The molecule has 0 aromatic heterocycles. The fraction of sp³-hybridized carbons (Fsp3) is 0.462. The van der Waals surface area contributed by atoms with Crippen LogP contribution in [0.4, 0.5) is 5.69 Å². The molecule has 0 saturated carbocycles. The van der Waals surface area contributed by atoms with E-state index < -0.39 is 10.8 Å². The highest BCUT2D eigenvalue weighted by atomic mass is 16.6. The first kappa shape index (κ1) is 14.9. The summed E-state index contributed by atoms with van der Waals surface area (Å²) >= 11 is 0. The van der Waals surface area contributed by atoms with Gasteiger partial charge in [-0.05, 0) is 18.1 Å². The van der Waals surface area contributed by atoms with Gasteiger partial charge in [0.15, 0.2) is 0 Å². The van der Waals surface area contributed by atoms with Crippen LogP contribution in [0, 0.1) is 16.0 Å². The number of nitro groups is 1. The number of amides is 1. The van der Waals surface area contributed by atoms with Crippen LogP contribution in [0.2, 0.25) is 0 Å². The SMILES string of the molecule is CCC(C)CN(C)C(=O)c1cc(O)ccc1[N+](=O)[O-]. The third-order valence-corrected chi connectivity index (χ3v) is 3.04. The van der Waals surface area contributed by atoms with E-state index in [0.29, 0.717) is 12.5 Å². The van der Waals surface area contributed by atoms with E-state index in [9.17, 15) is 20.0 Å². The summed E-state index contributed by atoms with van der Waals surface area (Å²) in [7, 11) is 1.60. The lowest BCUT2D eigenvalue weighted by atomic mass is 10.1. The zero-order chi connectivity index (χ0) is 14.6. The summed E-state index contributed by atoms with van der Waals surface area (Å²) in [5.41, 5.74) is -0.380. The van der Waals surface area contributed by atoms with Gasteiger partial charge in [-0.2, -0.15) is 0 Å². The Hall–Kier alpha value is -2.11. The predicted molar refractivity (Wildman–Crippen MR) is 71.2 cm³/mol. The summed E-state index contributed by atoms with van der Waals surface area (Å²) in [5, 5.41) is 20.3. The molecule has 0 spiro atoms. The summed E-state index contributed by atoms with van der Waals surface area (Å²) in [6.07, 6.45) is 0.916. The minimum atomic E-state index is -0.621. The molecule has 0 radical (unpaired) electrons. The largest absolute Gasteiger partial charge is 0.508 e. The standard InChI is InChI=1S/C13H18N2O4/c1-4-9(2)8-14(3)13(17)11-7-10(16)5-6-12(11)15(18)19/h5-7,9,16H,4,8H2,1-3H3. The van der Waals surface area contributed by atoms with Crippen LogP contribution in [-0.2, 0) is 0 Å². The number of aromatic hydroxyl groups is 1. The van der Waals surface area contributed by atoms with Crippen LogP contribution in [0.5, 0.6) is 5.75 Å². The molecule has 19 heavy (non-hydrogen) atoms. The van der Waals surface area contributed by atoms with Gasteiger partial charge in [0.05, 0.1) is 4.92 Å². The molecule has 1 aromatic carbocycles. The molecule has 6 nitrogen and oxygen atoms in total. The molecule has 0 aliphatic heterocycles. The van der Waals surface area contributed by atoms with Crippen LogP contribution in [0.3, 0.4) is 0 Å². The fourth-order valence-corrected chi connectivity index (χ4v) is 1.74. The van der Waals surface area contributed by atoms with Gasteiger partial charge in [0.2, 0.25) is 0 Å². The lowest BCUT2D eigenvalue weighted by molar-refractivity contribution is -0.385. The third-order valence-electron chi connectivity index (χ3n) is 3.04. The number of carbonyl (C=O) groups excluding carboxylic acids is 1. The number of nitro benzene ring substituents is 1. The molecule has 1 rings (SSSR count). The molecule has 6 heteroatoms. The molecular formula is C13H18N2O4. The normalized spacial score (nSPS) is 11.9. The Morgan fingerprint density at radius 1 is 1.53 bits per heavy atom. The van der Waals surface area contributed by atoms with Crippen LogP contribution >= 0.6 is 0 Å². The van der Waals surface area contributed by atoms with E-state index in [1.807, 2.05) is 13.8 Å². The Bertz CT molecular complexity index is 488. The number of phenols is 1. The Balaban J connectivity index is 3.04. The van der Waals surface area contributed by atoms with Crippen LogP contribution < -0.4 is 0 Å². The number of rotatable bonds is 5. The summed E-state index contributed by atoms with van der Waals surface area (Å²) in [6, 6.07) is 3.47. The Labute approximate surface area is 111 Å². The van der Waals surface area contributed by atoms with E-state index in [4.69, 9.17) is 0 Å². The van der Waals surface area contributed by atoms with E-state index >= 15 is 0 Å². The molecule has 0 fully saturated rings. The second-order valence-electron chi connectivity index (χ2n) is 4.66. The summed E-state index contributed by atoms with van der Waals surface area (Å²) < 4.78 is 0. The van der Waals surface area contributed by atoms with E-state index in [1.165, 1.54) is 11.0 Å². The molecule has 0 aliphatic rings. The van der Waals surface area contributed by atoms with Crippen molar-refractivity contribution in [3.05, 3.63) is 33.9 Å². The monoisotopic (exact) mass is 266 g/mol. The second kappa shape index (κ2) is 6.17. The predicted octanol–water partition coefficient (Wildman–Crippen LogP) is 2.42. The average Bonchev–Trinajstić information content (AvgIpc) is 2.36. The van der Waals surface area contributed by atoms with Crippen LogP contribution in [-0.4, -0.2) is 34.4 Å². The Morgan fingerprint density at radius 2 is 2.16 bits per heavy atom. The van der Waals surface area contributed by atoms with Crippen LogP contribution in [0.1, 0.15) is 30.6 Å². The van der Waals surface area contributed by atoms with Gasteiger partial charge in [0.25, 0.3) is 11.6 Å². The van der Waals surface area contributed by atoms with Gasteiger partial charge < -0.3 is 10.0 Å². The third kappa shape index (κ3) is 3.67. The number of hydrogen-bond acceptors (Lipinski definition) is 4. The topological polar surface area (TPSA) is 83.7 Å². The smallest absolute Gasteiger partial charge is 0.282 e. The highest BCUT2D eigenvalue weighted by molar-refractivity contribution is 5.98. The van der Waals surface area contributed by atoms with Crippen molar-refractivity contribution in [3.63, 3.8) is 0 Å². The van der Waals surface area contributed by atoms with Crippen molar-refractivity contribution in [3.8, 4) is 5.75 Å². The molecule has 1 unspecified atom stereocenters. The molecule has 0 saturated heterocycles. The van der Waals surface area contributed by atoms with Crippen molar-refractivity contribution >= 4 is 11.6 Å². The highest BCUT2D eigenvalue weighted by Gasteiger charge is 2.24. The van der Waals surface area contributed by atoms with Crippen molar-refractivity contribution in [2.75, 3.05) is 13.6 Å². The van der Waals surface area contributed by atoms with Crippen LogP contribution in [0.15, 0.2) is 18.2 Å². The maximum atomic E-state index is 12.2. The van der Waals surface area contributed by atoms with Gasteiger partial charge >= 0.3 is 0 Å².